The Kier molecular flexibility index (Phi) is 7.92. The van der Waals surface area contributed by atoms with E-state index in [0.717, 1.165) is 0 Å². The van der Waals surface area contributed by atoms with Crippen LogP contribution in [0, 0.1) is 11.8 Å². The van der Waals surface area contributed by atoms with Crippen LogP contribution in [-0.2, 0) is 28.6 Å². The topological polar surface area (TPSA) is 100 Å². The summed E-state index contributed by atoms with van der Waals surface area (Å²) in [5.74, 6) is -2.86. The molecule has 1 aromatic rings. The smallest absolute Gasteiger partial charge is 0.336 e. The number of rotatable bonds is 8. The molecule has 1 N–H and O–H groups in total. The Morgan fingerprint density at radius 2 is 1.88 bits per heavy atom. The molecule has 178 valence electrons. The van der Waals surface area contributed by atoms with Gasteiger partial charge in [-0.15, -0.1) is 0 Å². The minimum absolute atomic E-state index is 0.0770. The van der Waals surface area contributed by atoms with Gasteiger partial charge in [0.25, 0.3) is 0 Å². The van der Waals surface area contributed by atoms with E-state index in [1.54, 1.807) is 13.0 Å². The number of allylic oxidation sites excluding steroid dienone is 3. The molecule has 0 amide bonds. The second-order valence-corrected chi connectivity index (χ2v) is 8.13. The Balaban J connectivity index is 2.17. The van der Waals surface area contributed by atoms with Gasteiger partial charge in [0.2, 0.25) is 0 Å². The molecule has 0 radical (unpaired) electrons. The molecule has 1 aliphatic heterocycles. The lowest BCUT2D eigenvalue weighted by atomic mass is 9.69. The number of ether oxygens (including phenoxy) is 4. The molecule has 8 heteroatoms. The van der Waals surface area contributed by atoms with Crippen LogP contribution in [-0.4, -0.2) is 51.8 Å². The second kappa shape index (κ2) is 10.7. The lowest BCUT2D eigenvalue weighted by Gasteiger charge is -2.38. The molecular formula is C25H31NO7. The van der Waals surface area contributed by atoms with Crippen molar-refractivity contribution >= 4 is 17.7 Å². The summed E-state index contributed by atoms with van der Waals surface area (Å²) in [6.07, 6.45) is 0.470. The van der Waals surface area contributed by atoms with Gasteiger partial charge in [-0.1, -0.05) is 25.1 Å². The number of carbonyl (C=O) groups excluding carboxylic acids is 3. The molecule has 0 saturated carbocycles. The van der Waals surface area contributed by atoms with E-state index in [1.165, 1.54) is 14.2 Å². The monoisotopic (exact) mass is 457 g/mol. The Labute approximate surface area is 193 Å². The van der Waals surface area contributed by atoms with Gasteiger partial charge in [-0.25, -0.2) is 4.79 Å². The van der Waals surface area contributed by atoms with Crippen LogP contribution in [0.4, 0.5) is 0 Å². The van der Waals surface area contributed by atoms with E-state index >= 15 is 0 Å². The Bertz CT molecular complexity index is 994. The number of carbonyl (C=O) groups is 3. The number of dihydropyridines is 1. The highest BCUT2D eigenvalue weighted by atomic mass is 16.6. The van der Waals surface area contributed by atoms with Crippen LogP contribution in [0.5, 0.6) is 5.75 Å². The SMILES string of the molecule is CCOc1ccccc1C1C(C(=O)OCCOC)=C(C)NC2=C1C(=O)C(C(=O)OC)C(C)C2. The van der Waals surface area contributed by atoms with Gasteiger partial charge in [-0.05, 0) is 32.3 Å². The summed E-state index contributed by atoms with van der Waals surface area (Å²) in [5.41, 5.74) is 2.65. The third kappa shape index (κ3) is 4.80. The van der Waals surface area contributed by atoms with Crippen molar-refractivity contribution in [1.82, 2.24) is 5.32 Å². The number of Topliss-reactive ketones (excluding diaryl/α,β-unsaturated/α-hetero) is 1. The van der Waals surface area contributed by atoms with Gasteiger partial charge in [0.1, 0.15) is 18.3 Å². The van der Waals surface area contributed by atoms with Gasteiger partial charge < -0.3 is 24.3 Å². The highest BCUT2D eigenvalue weighted by Crippen LogP contribution is 2.47. The van der Waals surface area contributed by atoms with Crippen LogP contribution in [0.25, 0.3) is 0 Å². The van der Waals surface area contributed by atoms with Crippen molar-refractivity contribution in [3.05, 3.63) is 52.4 Å². The van der Waals surface area contributed by atoms with Crippen molar-refractivity contribution in [3.63, 3.8) is 0 Å². The average Bonchev–Trinajstić information content (AvgIpc) is 2.78. The molecule has 1 aromatic carbocycles. The maximum Gasteiger partial charge on any atom is 0.336 e. The lowest BCUT2D eigenvalue weighted by Crippen LogP contribution is -2.43. The van der Waals surface area contributed by atoms with E-state index in [2.05, 4.69) is 5.32 Å². The molecule has 3 atom stereocenters. The van der Waals surface area contributed by atoms with E-state index in [0.29, 0.717) is 46.9 Å². The standard InChI is InChI=1S/C25H31NO7/c1-6-32-18-10-8-7-9-16(18)21-20(25(29)33-12-11-30-4)15(3)26-17-13-14(2)19(24(28)31-5)23(27)22(17)21/h7-10,14,19,21,26H,6,11-13H2,1-5H3. The molecule has 33 heavy (non-hydrogen) atoms. The van der Waals surface area contributed by atoms with Gasteiger partial charge in [-0.2, -0.15) is 0 Å². The van der Waals surface area contributed by atoms with Crippen LogP contribution in [0.15, 0.2) is 46.8 Å². The minimum atomic E-state index is -0.943. The Morgan fingerprint density at radius 3 is 2.55 bits per heavy atom. The fraction of sp³-hybridized carbons (Fsp3) is 0.480. The van der Waals surface area contributed by atoms with E-state index in [4.69, 9.17) is 18.9 Å². The molecule has 3 unspecified atom stereocenters. The number of methoxy groups -OCH3 is 2. The molecule has 1 aliphatic carbocycles. The van der Waals surface area contributed by atoms with Gasteiger partial charge in [0, 0.05) is 29.6 Å². The zero-order valence-corrected chi connectivity index (χ0v) is 19.7. The summed E-state index contributed by atoms with van der Waals surface area (Å²) < 4.78 is 21.2. The molecule has 0 saturated heterocycles. The lowest BCUT2D eigenvalue weighted by molar-refractivity contribution is -0.151. The van der Waals surface area contributed by atoms with Crippen molar-refractivity contribution in [1.29, 1.82) is 0 Å². The van der Waals surface area contributed by atoms with Crippen molar-refractivity contribution < 1.29 is 33.3 Å². The highest BCUT2D eigenvalue weighted by molar-refractivity contribution is 6.12. The highest BCUT2D eigenvalue weighted by Gasteiger charge is 2.47. The third-order valence-electron chi connectivity index (χ3n) is 6.01. The number of para-hydroxylation sites is 1. The molecule has 3 rings (SSSR count). The maximum absolute atomic E-state index is 13.7. The number of esters is 2. The molecule has 0 spiro atoms. The first-order valence-corrected chi connectivity index (χ1v) is 11.1. The van der Waals surface area contributed by atoms with Crippen LogP contribution in [0.2, 0.25) is 0 Å². The van der Waals surface area contributed by atoms with Crippen LogP contribution in [0.1, 0.15) is 38.7 Å². The van der Waals surface area contributed by atoms with Gasteiger partial charge >= 0.3 is 11.9 Å². The van der Waals surface area contributed by atoms with Crippen molar-refractivity contribution in [2.75, 3.05) is 34.0 Å². The van der Waals surface area contributed by atoms with Crippen molar-refractivity contribution in [2.45, 2.75) is 33.1 Å². The summed E-state index contributed by atoms with van der Waals surface area (Å²) >= 11 is 0. The number of hydrogen-bond donors (Lipinski definition) is 1. The first kappa shape index (κ1) is 24.5. The predicted octanol–water partition coefficient (Wildman–Crippen LogP) is 2.89. The molecule has 2 aliphatic rings. The van der Waals surface area contributed by atoms with Gasteiger partial charge in [0.15, 0.2) is 5.78 Å². The number of hydrogen-bond acceptors (Lipinski definition) is 8. The molecular weight excluding hydrogens is 426 g/mol. The Morgan fingerprint density at radius 1 is 1.15 bits per heavy atom. The maximum atomic E-state index is 13.7. The largest absolute Gasteiger partial charge is 0.494 e. The third-order valence-corrected chi connectivity index (χ3v) is 6.01. The van der Waals surface area contributed by atoms with Gasteiger partial charge in [-0.3, -0.25) is 9.59 Å². The average molecular weight is 458 g/mol. The quantitative estimate of drug-likeness (QED) is 0.361. The summed E-state index contributed by atoms with van der Waals surface area (Å²) in [5, 5.41) is 3.24. The number of ketones is 1. The summed E-state index contributed by atoms with van der Waals surface area (Å²) in [6, 6.07) is 7.30. The molecule has 0 fully saturated rings. The van der Waals surface area contributed by atoms with E-state index in [9.17, 15) is 14.4 Å². The molecule has 0 bridgehead atoms. The fourth-order valence-corrected chi connectivity index (χ4v) is 4.56. The van der Waals surface area contributed by atoms with E-state index in [1.807, 2.05) is 32.0 Å². The minimum Gasteiger partial charge on any atom is -0.494 e. The van der Waals surface area contributed by atoms with Crippen molar-refractivity contribution in [2.24, 2.45) is 11.8 Å². The van der Waals surface area contributed by atoms with Gasteiger partial charge in [0.05, 0.1) is 31.8 Å². The van der Waals surface area contributed by atoms with Crippen molar-refractivity contribution in [3.8, 4) is 5.75 Å². The zero-order valence-electron chi connectivity index (χ0n) is 19.7. The van der Waals surface area contributed by atoms with E-state index in [-0.39, 0.29) is 24.9 Å². The predicted molar refractivity (Wildman–Crippen MR) is 120 cm³/mol. The first-order chi connectivity index (χ1) is 15.8. The number of benzene rings is 1. The molecule has 0 aromatic heterocycles. The van der Waals surface area contributed by atoms with Crippen LogP contribution in [0.3, 0.4) is 0 Å². The normalized spacial score (nSPS) is 22.5. The molecule has 8 nitrogen and oxygen atoms in total. The number of nitrogens with one attached hydrogen (secondary N) is 1. The van der Waals surface area contributed by atoms with E-state index < -0.39 is 23.8 Å². The molecule has 1 heterocycles. The fourth-order valence-electron chi connectivity index (χ4n) is 4.56. The van der Waals surface area contributed by atoms with Crippen LogP contribution < -0.4 is 10.1 Å². The Hall–Kier alpha value is -3.13. The first-order valence-electron chi connectivity index (χ1n) is 11.1. The second-order valence-electron chi connectivity index (χ2n) is 8.13. The van der Waals surface area contributed by atoms with Crippen LogP contribution >= 0.6 is 0 Å². The summed E-state index contributed by atoms with van der Waals surface area (Å²) in [4.78, 5) is 39.4. The summed E-state index contributed by atoms with van der Waals surface area (Å²) in [6.45, 7) is 6.25. The summed E-state index contributed by atoms with van der Waals surface area (Å²) in [7, 11) is 2.80. The zero-order chi connectivity index (χ0) is 24.1.